The molecule has 0 aromatic heterocycles. The zero-order valence-electron chi connectivity index (χ0n) is 10.2. The van der Waals surface area contributed by atoms with Gasteiger partial charge >= 0.3 is 5.97 Å². The van der Waals surface area contributed by atoms with Gasteiger partial charge in [0.25, 0.3) is 0 Å². The zero-order chi connectivity index (χ0) is 12.4. The number of nitrogens with one attached hydrogen (secondary N) is 1. The Labute approximate surface area is 101 Å². The first-order valence-corrected chi connectivity index (χ1v) is 6.32. The van der Waals surface area contributed by atoms with Crippen LogP contribution in [-0.4, -0.2) is 47.6 Å². The third kappa shape index (κ3) is 2.77. The number of carbonyl (C=O) groups is 2. The molecule has 0 aromatic carbocycles. The van der Waals surface area contributed by atoms with Crippen LogP contribution in [0.25, 0.3) is 0 Å². The predicted octanol–water partition coefficient (Wildman–Crippen LogP) is 0.308. The van der Waals surface area contributed by atoms with Crippen LogP contribution in [0, 0.1) is 11.8 Å². The lowest BCUT2D eigenvalue weighted by atomic mass is 9.89. The van der Waals surface area contributed by atoms with Crippen LogP contribution in [0.1, 0.15) is 26.2 Å². The van der Waals surface area contributed by atoms with Crippen molar-refractivity contribution in [3.05, 3.63) is 0 Å². The molecule has 2 unspecified atom stereocenters. The van der Waals surface area contributed by atoms with E-state index in [0.29, 0.717) is 19.0 Å². The van der Waals surface area contributed by atoms with Crippen LogP contribution in [0.2, 0.25) is 0 Å². The number of amides is 1. The number of aliphatic carboxylic acids is 1. The molecule has 0 aliphatic carbocycles. The Balaban J connectivity index is 1.80. The average molecular weight is 240 g/mol. The first kappa shape index (κ1) is 12.4. The highest BCUT2D eigenvalue weighted by molar-refractivity contribution is 5.83. The van der Waals surface area contributed by atoms with Crippen molar-refractivity contribution in [2.75, 3.05) is 19.6 Å². The van der Waals surface area contributed by atoms with Crippen molar-refractivity contribution in [2.24, 2.45) is 11.8 Å². The van der Waals surface area contributed by atoms with E-state index in [2.05, 4.69) is 12.2 Å². The van der Waals surface area contributed by atoms with Gasteiger partial charge in [0.15, 0.2) is 0 Å². The van der Waals surface area contributed by atoms with E-state index in [9.17, 15) is 9.59 Å². The Bertz CT molecular complexity index is 313. The maximum atomic E-state index is 12.1. The molecular weight excluding hydrogens is 220 g/mol. The molecule has 2 rings (SSSR count). The van der Waals surface area contributed by atoms with Gasteiger partial charge in [-0.15, -0.1) is 0 Å². The number of piperidine rings is 1. The fraction of sp³-hybridized carbons (Fsp3) is 0.833. The molecule has 2 aliphatic heterocycles. The van der Waals surface area contributed by atoms with Gasteiger partial charge in [0.2, 0.25) is 5.91 Å². The van der Waals surface area contributed by atoms with Crippen molar-refractivity contribution in [1.82, 2.24) is 10.2 Å². The lowest BCUT2D eigenvalue weighted by Gasteiger charge is -2.42. The standard InChI is InChI=1S/C12H20N2O3/c1-8-3-2-4-13-11(8)12(17)14-6-9(7-14)5-10(15)16/h8-9,11,13H,2-7H2,1H3,(H,15,16). The molecule has 0 radical (unpaired) electrons. The summed E-state index contributed by atoms with van der Waals surface area (Å²) in [6.07, 6.45) is 2.40. The van der Waals surface area contributed by atoms with Gasteiger partial charge in [-0.25, -0.2) is 0 Å². The molecule has 2 N–H and O–H groups in total. The number of rotatable bonds is 3. The molecule has 2 saturated heterocycles. The van der Waals surface area contributed by atoms with E-state index < -0.39 is 5.97 Å². The number of likely N-dealkylation sites (tertiary alicyclic amines) is 1. The summed E-state index contributed by atoms with van der Waals surface area (Å²) in [5, 5.41) is 11.9. The number of carboxylic acid groups (broad SMARTS) is 1. The Morgan fingerprint density at radius 3 is 2.71 bits per heavy atom. The van der Waals surface area contributed by atoms with E-state index in [0.717, 1.165) is 19.4 Å². The topological polar surface area (TPSA) is 69.6 Å². The molecule has 5 nitrogen and oxygen atoms in total. The minimum Gasteiger partial charge on any atom is -0.481 e. The molecule has 5 heteroatoms. The van der Waals surface area contributed by atoms with Crippen molar-refractivity contribution in [3.63, 3.8) is 0 Å². The second kappa shape index (κ2) is 5.04. The van der Waals surface area contributed by atoms with E-state index >= 15 is 0 Å². The summed E-state index contributed by atoms with van der Waals surface area (Å²) in [5.41, 5.74) is 0. The summed E-state index contributed by atoms with van der Waals surface area (Å²) in [6, 6.07) is -0.0606. The molecule has 17 heavy (non-hydrogen) atoms. The zero-order valence-corrected chi connectivity index (χ0v) is 10.2. The van der Waals surface area contributed by atoms with Crippen molar-refractivity contribution < 1.29 is 14.7 Å². The van der Waals surface area contributed by atoms with Gasteiger partial charge in [-0.2, -0.15) is 0 Å². The van der Waals surface area contributed by atoms with Crippen molar-refractivity contribution in [1.29, 1.82) is 0 Å². The van der Waals surface area contributed by atoms with Gasteiger partial charge in [-0.1, -0.05) is 6.92 Å². The monoisotopic (exact) mass is 240 g/mol. The molecular formula is C12H20N2O3. The normalized spacial score (nSPS) is 29.8. The van der Waals surface area contributed by atoms with Crippen molar-refractivity contribution in [2.45, 2.75) is 32.2 Å². The molecule has 1 amide bonds. The smallest absolute Gasteiger partial charge is 0.303 e. The van der Waals surface area contributed by atoms with Gasteiger partial charge in [-0.05, 0) is 25.3 Å². The summed E-state index contributed by atoms with van der Waals surface area (Å²) in [5.74, 6) is -0.0878. The Hall–Kier alpha value is -1.10. The Morgan fingerprint density at radius 2 is 2.12 bits per heavy atom. The maximum Gasteiger partial charge on any atom is 0.303 e. The molecule has 2 fully saturated rings. The average Bonchev–Trinajstić information content (AvgIpc) is 2.22. The van der Waals surface area contributed by atoms with Crippen molar-refractivity contribution >= 4 is 11.9 Å². The summed E-state index contributed by atoms with van der Waals surface area (Å²) in [6.45, 7) is 4.22. The maximum absolute atomic E-state index is 12.1. The van der Waals surface area contributed by atoms with Gasteiger partial charge in [-0.3, -0.25) is 9.59 Å². The summed E-state index contributed by atoms with van der Waals surface area (Å²) < 4.78 is 0. The van der Waals surface area contributed by atoms with Crippen LogP contribution < -0.4 is 5.32 Å². The third-order valence-electron chi connectivity index (χ3n) is 3.77. The number of nitrogens with zero attached hydrogens (tertiary/aromatic N) is 1. The van der Waals surface area contributed by atoms with Gasteiger partial charge < -0.3 is 15.3 Å². The van der Waals surface area contributed by atoms with Crippen LogP contribution in [0.4, 0.5) is 0 Å². The first-order valence-electron chi connectivity index (χ1n) is 6.32. The molecule has 2 heterocycles. The largest absolute Gasteiger partial charge is 0.481 e. The second-order valence-corrected chi connectivity index (χ2v) is 5.26. The third-order valence-corrected chi connectivity index (χ3v) is 3.77. The van der Waals surface area contributed by atoms with Crippen LogP contribution in [-0.2, 0) is 9.59 Å². The highest BCUT2D eigenvalue weighted by Crippen LogP contribution is 2.24. The number of carbonyl (C=O) groups excluding carboxylic acids is 1. The minimum absolute atomic E-state index is 0.0606. The first-order chi connectivity index (χ1) is 8.08. The molecule has 0 spiro atoms. The number of carboxylic acids is 1. The lowest BCUT2D eigenvalue weighted by Crippen LogP contribution is -2.59. The van der Waals surface area contributed by atoms with E-state index in [-0.39, 0.29) is 24.3 Å². The van der Waals surface area contributed by atoms with Gasteiger partial charge in [0.1, 0.15) is 0 Å². The van der Waals surface area contributed by atoms with E-state index in [1.54, 1.807) is 4.90 Å². The highest BCUT2D eigenvalue weighted by atomic mass is 16.4. The van der Waals surface area contributed by atoms with Gasteiger partial charge in [0.05, 0.1) is 12.5 Å². The van der Waals surface area contributed by atoms with Crippen molar-refractivity contribution in [3.8, 4) is 0 Å². The number of hydrogen-bond acceptors (Lipinski definition) is 3. The minimum atomic E-state index is -0.772. The van der Waals surface area contributed by atoms with Crippen LogP contribution in [0.5, 0.6) is 0 Å². The summed E-state index contributed by atoms with van der Waals surface area (Å²) >= 11 is 0. The Kier molecular flexibility index (Phi) is 3.66. The summed E-state index contributed by atoms with van der Waals surface area (Å²) in [4.78, 5) is 24.4. The number of hydrogen-bond donors (Lipinski definition) is 2. The van der Waals surface area contributed by atoms with E-state index in [4.69, 9.17) is 5.11 Å². The lowest BCUT2D eigenvalue weighted by molar-refractivity contribution is -0.147. The van der Waals surface area contributed by atoms with Crippen LogP contribution in [0.3, 0.4) is 0 Å². The fourth-order valence-electron chi connectivity index (χ4n) is 2.70. The molecule has 0 saturated carbocycles. The predicted molar refractivity (Wildman–Crippen MR) is 62.5 cm³/mol. The van der Waals surface area contributed by atoms with Gasteiger partial charge in [0, 0.05) is 19.0 Å². The quantitative estimate of drug-likeness (QED) is 0.745. The Morgan fingerprint density at radius 1 is 1.41 bits per heavy atom. The molecule has 96 valence electrons. The second-order valence-electron chi connectivity index (χ2n) is 5.26. The van der Waals surface area contributed by atoms with E-state index in [1.165, 1.54) is 0 Å². The van der Waals surface area contributed by atoms with Crippen LogP contribution in [0.15, 0.2) is 0 Å². The SMILES string of the molecule is CC1CCCNC1C(=O)N1CC(CC(=O)O)C1. The van der Waals surface area contributed by atoms with E-state index in [1.807, 2.05) is 0 Å². The highest BCUT2D eigenvalue weighted by Gasteiger charge is 2.37. The van der Waals surface area contributed by atoms with Crippen LogP contribution >= 0.6 is 0 Å². The molecule has 2 aliphatic rings. The molecule has 0 bridgehead atoms. The fourth-order valence-corrected chi connectivity index (χ4v) is 2.70. The molecule has 2 atom stereocenters. The molecule has 0 aromatic rings. The summed E-state index contributed by atoms with van der Waals surface area (Å²) in [7, 11) is 0.